The van der Waals surface area contributed by atoms with E-state index in [-0.39, 0.29) is 0 Å². The number of carboxylic acid groups (broad SMARTS) is 1. The van der Waals surface area contributed by atoms with Crippen LogP contribution in [0.4, 0.5) is 0 Å². The normalized spacial score (nSPS) is 12.8. The van der Waals surface area contributed by atoms with Crippen LogP contribution in [0.25, 0.3) is 0 Å². The highest BCUT2D eigenvalue weighted by atomic mass is 79.9. The fraction of sp³-hybridized carbons (Fsp3) is 0.286. The fourth-order valence-electron chi connectivity index (χ4n) is 0.595. The zero-order valence-corrected chi connectivity index (χ0v) is 9.50. The third-order valence-electron chi connectivity index (χ3n) is 1.23. The van der Waals surface area contributed by atoms with Crippen molar-refractivity contribution in [1.29, 1.82) is 0 Å². The Morgan fingerprint density at radius 2 is 2.42 bits per heavy atom. The molecule has 1 aromatic heterocycles. The van der Waals surface area contributed by atoms with Gasteiger partial charge in [0.25, 0.3) is 0 Å². The minimum atomic E-state index is -0.780. The first-order valence-electron chi connectivity index (χ1n) is 3.22. The second kappa shape index (κ2) is 4.30. The van der Waals surface area contributed by atoms with Gasteiger partial charge in [0.15, 0.2) is 0 Å². The summed E-state index contributed by atoms with van der Waals surface area (Å²) < 4.78 is 0.977. The maximum absolute atomic E-state index is 10.5. The molecule has 12 heavy (non-hydrogen) atoms. The summed E-state index contributed by atoms with van der Waals surface area (Å²) >= 11 is 6.25. The Morgan fingerprint density at radius 3 is 2.83 bits per heavy atom. The molecule has 2 nitrogen and oxygen atoms in total. The molecule has 1 atom stereocenters. The molecule has 0 aliphatic carbocycles. The van der Waals surface area contributed by atoms with E-state index in [2.05, 4.69) is 15.9 Å². The van der Waals surface area contributed by atoms with Crippen LogP contribution in [-0.2, 0) is 4.79 Å². The Balaban J connectivity index is 2.64. The topological polar surface area (TPSA) is 37.3 Å². The Kier molecular flexibility index (Phi) is 3.61. The van der Waals surface area contributed by atoms with Crippen LogP contribution in [0, 0.1) is 0 Å². The quantitative estimate of drug-likeness (QED) is 0.855. The Bertz CT molecular complexity index is 285. The molecule has 0 spiro atoms. The van der Waals surface area contributed by atoms with Gasteiger partial charge < -0.3 is 5.11 Å². The van der Waals surface area contributed by atoms with Crippen molar-refractivity contribution >= 4 is 45.0 Å². The largest absolute Gasteiger partial charge is 0.480 e. The average Bonchev–Trinajstić information content (AvgIpc) is 2.36. The van der Waals surface area contributed by atoms with Crippen molar-refractivity contribution < 1.29 is 9.90 Å². The Morgan fingerprint density at radius 1 is 1.75 bits per heavy atom. The lowest BCUT2D eigenvalue weighted by Gasteiger charge is -2.03. The maximum Gasteiger partial charge on any atom is 0.316 e. The van der Waals surface area contributed by atoms with Crippen molar-refractivity contribution in [3.8, 4) is 0 Å². The lowest BCUT2D eigenvalue weighted by molar-refractivity contribution is -0.136. The van der Waals surface area contributed by atoms with Gasteiger partial charge in [0, 0.05) is 20.1 Å². The van der Waals surface area contributed by atoms with E-state index in [1.165, 1.54) is 11.8 Å². The van der Waals surface area contributed by atoms with Gasteiger partial charge in [-0.25, -0.2) is 0 Å². The molecule has 0 saturated carbocycles. The summed E-state index contributed by atoms with van der Waals surface area (Å²) in [6.45, 7) is 1.68. The fourth-order valence-corrected chi connectivity index (χ4v) is 3.15. The van der Waals surface area contributed by atoms with E-state index in [1.54, 1.807) is 18.3 Å². The van der Waals surface area contributed by atoms with Crippen LogP contribution in [0.2, 0.25) is 0 Å². The van der Waals surface area contributed by atoms with Crippen molar-refractivity contribution in [2.24, 2.45) is 0 Å². The third kappa shape index (κ3) is 2.50. The molecule has 0 aliphatic heterocycles. The Labute approximate surface area is 87.1 Å². The van der Waals surface area contributed by atoms with E-state index < -0.39 is 11.2 Å². The minimum Gasteiger partial charge on any atom is -0.480 e. The molecular weight excluding hydrogens is 260 g/mol. The van der Waals surface area contributed by atoms with E-state index in [9.17, 15) is 4.79 Å². The molecule has 0 radical (unpaired) electrons. The molecule has 0 aliphatic rings. The summed E-state index contributed by atoms with van der Waals surface area (Å²) in [5.74, 6) is -0.780. The highest BCUT2D eigenvalue weighted by molar-refractivity contribution is 9.10. The number of halogens is 1. The van der Waals surface area contributed by atoms with Gasteiger partial charge in [-0.3, -0.25) is 4.79 Å². The summed E-state index contributed by atoms with van der Waals surface area (Å²) in [6.07, 6.45) is 0. The monoisotopic (exact) mass is 266 g/mol. The number of aliphatic carboxylic acids is 1. The van der Waals surface area contributed by atoms with Gasteiger partial charge in [-0.1, -0.05) is 0 Å². The molecule has 5 heteroatoms. The highest BCUT2D eigenvalue weighted by Crippen LogP contribution is 2.33. The summed E-state index contributed by atoms with van der Waals surface area (Å²) in [7, 11) is 0. The first-order valence-corrected chi connectivity index (χ1v) is 5.84. The van der Waals surface area contributed by atoms with Gasteiger partial charge in [-0.2, -0.15) is 11.3 Å². The van der Waals surface area contributed by atoms with Crippen molar-refractivity contribution in [2.75, 3.05) is 0 Å². The van der Waals surface area contributed by atoms with Crippen LogP contribution in [0.3, 0.4) is 0 Å². The van der Waals surface area contributed by atoms with Crippen LogP contribution in [0.15, 0.2) is 20.1 Å². The number of carboxylic acids is 1. The summed E-state index contributed by atoms with van der Waals surface area (Å²) in [5, 5.41) is 12.1. The van der Waals surface area contributed by atoms with Crippen molar-refractivity contribution in [2.45, 2.75) is 17.1 Å². The molecule has 0 amide bonds. The van der Waals surface area contributed by atoms with Crippen LogP contribution in [0.1, 0.15) is 6.92 Å². The molecule has 0 unspecified atom stereocenters. The van der Waals surface area contributed by atoms with Crippen LogP contribution >= 0.6 is 39.0 Å². The van der Waals surface area contributed by atoms with Crippen molar-refractivity contribution in [3.05, 3.63) is 15.2 Å². The number of hydrogen-bond acceptors (Lipinski definition) is 3. The number of hydrogen-bond donors (Lipinski definition) is 1. The number of rotatable bonds is 3. The van der Waals surface area contributed by atoms with Crippen molar-refractivity contribution in [1.82, 2.24) is 0 Å². The maximum atomic E-state index is 10.5. The smallest absolute Gasteiger partial charge is 0.316 e. The van der Waals surface area contributed by atoms with Gasteiger partial charge in [0.05, 0.1) is 0 Å². The second-order valence-corrected chi connectivity index (χ2v) is 5.16. The minimum absolute atomic E-state index is 0.393. The van der Waals surface area contributed by atoms with Gasteiger partial charge in [0.2, 0.25) is 0 Å². The Hall–Kier alpha value is -0.000000000000000111. The molecular formula is C7H7BrO2S2. The van der Waals surface area contributed by atoms with Crippen LogP contribution < -0.4 is 0 Å². The van der Waals surface area contributed by atoms with Gasteiger partial charge in [-0.05, 0) is 22.9 Å². The number of thioether (sulfide) groups is 1. The molecule has 1 aromatic rings. The summed E-state index contributed by atoms with van der Waals surface area (Å²) in [5.41, 5.74) is 0. The number of thiophene rings is 1. The molecule has 1 rings (SSSR count). The second-order valence-electron chi connectivity index (χ2n) is 2.18. The predicted molar refractivity (Wildman–Crippen MR) is 55.0 cm³/mol. The lowest BCUT2D eigenvalue weighted by Crippen LogP contribution is -2.10. The third-order valence-corrected chi connectivity index (χ3v) is 4.49. The van der Waals surface area contributed by atoms with E-state index in [0.29, 0.717) is 0 Å². The standard InChI is InChI=1S/C7H7BrO2S2/c1-4(7(9)10)12-6-3-11-2-5(6)8/h2-4H,1H3,(H,9,10)/t4-/m1/s1. The molecule has 1 heterocycles. The first-order chi connectivity index (χ1) is 5.61. The average molecular weight is 267 g/mol. The molecule has 0 aromatic carbocycles. The van der Waals surface area contributed by atoms with Crippen molar-refractivity contribution in [3.63, 3.8) is 0 Å². The lowest BCUT2D eigenvalue weighted by atomic mass is 10.5. The predicted octanol–water partition coefficient (Wildman–Crippen LogP) is 3.08. The molecule has 0 bridgehead atoms. The first kappa shape index (κ1) is 10.1. The molecule has 1 N–H and O–H groups in total. The summed E-state index contributed by atoms with van der Waals surface area (Å²) in [6, 6.07) is 0. The highest BCUT2D eigenvalue weighted by Gasteiger charge is 2.14. The van der Waals surface area contributed by atoms with Gasteiger partial charge in [0.1, 0.15) is 5.25 Å². The van der Waals surface area contributed by atoms with E-state index in [4.69, 9.17) is 5.11 Å². The zero-order valence-electron chi connectivity index (χ0n) is 6.28. The molecule has 0 fully saturated rings. The van der Waals surface area contributed by atoms with Crippen LogP contribution in [0.5, 0.6) is 0 Å². The van der Waals surface area contributed by atoms with Crippen LogP contribution in [-0.4, -0.2) is 16.3 Å². The zero-order chi connectivity index (χ0) is 9.14. The SMILES string of the molecule is C[C@@H](Sc1cscc1Br)C(=O)O. The number of carbonyl (C=O) groups is 1. The molecule has 66 valence electrons. The van der Waals surface area contributed by atoms with E-state index >= 15 is 0 Å². The van der Waals surface area contributed by atoms with Gasteiger partial charge >= 0.3 is 5.97 Å². The van der Waals surface area contributed by atoms with E-state index in [0.717, 1.165) is 9.37 Å². The summed E-state index contributed by atoms with van der Waals surface area (Å²) in [4.78, 5) is 11.5. The van der Waals surface area contributed by atoms with Gasteiger partial charge in [-0.15, -0.1) is 11.8 Å². The van der Waals surface area contributed by atoms with E-state index in [1.807, 2.05) is 10.8 Å². The molecule has 0 saturated heterocycles.